The third kappa shape index (κ3) is 3.05. The minimum atomic E-state index is -0.494. The molecule has 1 saturated heterocycles. The van der Waals surface area contributed by atoms with Crippen molar-refractivity contribution in [2.75, 3.05) is 12.0 Å². The summed E-state index contributed by atoms with van der Waals surface area (Å²) in [6, 6.07) is 13.2. The van der Waals surface area contributed by atoms with Crippen molar-refractivity contribution in [3.63, 3.8) is 0 Å². The van der Waals surface area contributed by atoms with Gasteiger partial charge < -0.3 is 10.1 Å². The average Bonchev–Trinajstić information content (AvgIpc) is 2.83. The summed E-state index contributed by atoms with van der Waals surface area (Å²) >= 11 is 5.83. The van der Waals surface area contributed by atoms with Crippen LogP contribution in [-0.4, -0.2) is 19.0 Å². The van der Waals surface area contributed by atoms with Crippen molar-refractivity contribution in [1.82, 2.24) is 5.32 Å². The van der Waals surface area contributed by atoms with Crippen LogP contribution in [0.25, 0.3) is 6.08 Å². The molecule has 0 atom stereocenters. The Morgan fingerprint density at radius 1 is 1.13 bits per heavy atom. The molecule has 0 unspecified atom stereocenters. The average molecular weight is 329 g/mol. The number of imide groups is 1. The van der Waals surface area contributed by atoms with Gasteiger partial charge in [0.25, 0.3) is 5.91 Å². The van der Waals surface area contributed by atoms with E-state index < -0.39 is 11.9 Å². The van der Waals surface area contributed by atoms with Gasteiger partial charge >= 0.3 is 6.03 Å². The molecule has 2 aromatic carbocycles. The van der Waals surface area contributed by atoms with Gasteiger partial charge in [0.2, 0.25) is 0 Å². The molecule has 1 aliphatic heterocycles. The van der Waals surface area contributed by atoms with E-state index in [1.807, 2.05) is 12.1 Å². The number of benzene rings is 2. The number of carbonyl (C=O) groups excluding carboxylic acids is 2. The van der Waals surface area contributed by atoms with E-state index in [1.165, 1.54) is 0 Å². The summed E-state index contributed by atoms with van der Waals surface area (Å²) in [7, 11) is 1.57. The largest absolute Gasteiger partial charge is 0.497 e. The summed E-state index contributed by atoms with van der Waals surface area (Å²) in [6.07, 6.45) is 1.61. The van der Waals surface area contributed by atoms with Crippen LogP contribution in [-0.2, 0) is 4.79 Å². The van der Waals surface area contributed by atoms with E-state index >= 15 is 0 Å². The maximum Gasteiger partial charge on any atom is 0.333 e. The summed E-state index contributed by atoms with van der Waals surface area (Å²) in [5.74, 6) is 0.255. The van der Waals surface area contributed by atoms with Gasteiger partial charge in [0, 0.05) is 5.02 Å². The van der Waals surface area contributed by atoms with Crippen LogP contribution in [0.3, 0.4) is 0 Å². The van der Waals surface area contributed by atoms with Crippen molar-refractivity contribution in [2.45, 2.75) is 0 Å². The van der Waals surface area contributed by atoms with Crippen molar-refractivity contribution in [1.29, 1.82) is 0 Å². The monoisotopic (exact) mass is 328 g/mol. The molecule has 5 nitrogen and oxygen atoms in total. The molecule has 3 amide bonds. The number of hydrogen-bond donors (Lipinski definition) is 1. The molecule has 0 aliphatic carbocycles. The number of halogens is 1. The highest BCUT2D eigenvalue weighted by molar-refractivity contribution is 6.31. The topological polar surface area (TPSA) is 58.6 Å². The fourth-order valence-corrected chi connectivity index (χ4v) is 2.38. The summed E-state index contributed by atoms with van der Waals surface area (Å²) < 4.78 is 5.14. The van der Waals surface area contributed by atoms with Gasteiger partial charge in [0.15, 0.2) is 0 Å². The van der Waals surface area contributed by atoms with Crippen molar-refractivity contribution >= 4 is 35.3 Å². The number of nitrogens with zero attached hydrogens (tertiary/aromatic N) is 1. The molecule has 3 rings (SSSR count). The van der Waals surface area contributed by atoms with Crippen molar-refractivity contribution in [2.24, 2.45) is 0 Å². The van der Waals surface area contributed by atoms with E-state index in [4.69, 9.17) is 16.3 Å². The fraction of sp³-hybridized carbons (Fsp3) is 0.0588. The highest BCUT2D eigenvalue weighted by Gasteiger charge is 2.34. The number of rotatable bonds is 3. The number of ether oxygens (including phenoxy) is 1. The quantitative estimate of drug-likeness (QED) is 0.693. The number of amides is 3. The van der Waals surface area contributed by atoms with Crippen molar-refractivity contribution in [3.05, 3.63) is 64.8 Å². The molecule has 2 aromatic rings. The van der Waals surface area contributed by atoms with Crippen LogP contribution < -0.4 is 15.0 Å². The maximum atomic E-state index is 12.5. The fourth-order valence-electron chi connectivity index (χ4n) is 2.26. The van der Waals surface area contributed by atoms with Crippen LogP contribution in [0.5, 0.6) is 5.75 Å². The van der Waals surface area contributed by atoms with E-state index in [2.05, 4.69) is 5.32 Å². The summed E-state index contributed by atoms with van der Waals surface area (Å²) in [4.78, 5) is 25.6. The normalized spacial score (nSPS) is 15.9. The summed E-state index contributed by atoms with van der Waals surface area (Å²) in [6.45, 7) is 0. The number of anilines is 1. The first-order chi connectivity index (χ1) is 11.1. The molecule has 0 aromatic heterocycles. The molecular weight excluding hydrogens is 316 g/mol. The molecule has 6 heteroatoms. The lowest BCUT2D eigenvalue weighted by Gasteiger charge is -2.11. The molecule has 1 heterocycles. The van der Waals surface area contributed by atoms with E-state index in [-0.39, 0.29) is 5.70 Å². The van der Waals surface area contributed by atoms with Gasteiger partial charge in [-0.2, -0.15) is 0 Å². The van der Waals surface area contributed by atoms with Gasteiger partial charge in [0.05, 0.1) is 12.8 Å². The molecule has 116 valence electrons. The zero-order valence-corrected chi connectivity index (χ0v) is 13.0. The van der Waals surface area contributed by atoms with Crippen molar-refractivity contribution in [3.8, 4) is 5.75 Å². The van der Waals surface area contributed by atoms with E-state index in [0.29, 0.717) is 16.5 Å². The van der Waals surface area contributed by atoms with E-state index in [0.717, 1.165) is 10.5 Å². The number of nitrogens with one attached hydrogen (secondary N) is 1. The van der Waals surface area contributed by atoms with Crippen LogP contribution in [0.15, 0.2) is 54.2 Å². The Morgan fingerprint density at radius 3 is 2.57 bits per heavy atom. The molecular formula is C17H13ClN2O3. The van der Waals surface area contributed by atoms with Gasteiger partial charge in [-0.15, -0.1) is 0 Å². The van der Waals surface area contributed by atoms with Crippen molar-refractivity contribution < 1.29 is 14.3 Å². The minimum Gasteiger partial charge on any atom is -0.497 e. The van der Waals surface area contributed by atoms with E-state index in [9.17, 15) is 9.59 Å². The minimum absolute atomic E-state index is 0.207. The SMILES string of the molecule is COc1cccc(/C=C2\NC(=O)N(c3ccc(Cl)cc3)C2=O)c1. The third-order valence-corrected chi connectivity index (χ3v) is 3.62. The molecule has 0 bridgehead atoms. The van der Waals surface area contributed by atoms with Crippen LogP contribution in [0.2, 0.25) is 5.02 Å². The Bertz CT molecular complexity index is 800. The second-order valence-corrected chi connectivity index (χ2v) is 5.32. The number of hydrogen-bond acceptors (Lipinski definition) is 3. The van der Waals surface area contributed by atoms with Gasteiger partial charge in [-0.3, -0.25) is 4.79 Å². The highest BCUT2D eigenvalue weighted by atomic mass is 35.5. The molecule has 0 spiro atoms. The standard InChI is InChI=1S/C17H13ClN2O3/c1-23-14-4-2-3-11(9-14)10-15-16(21)20(17(22)19-15)13-7-5-12(18)6-8-13/h2-10H,1H3,(H,19,22)/b15-10-. The second-order valence-electron chi connectivity index (χ2n) is 4.88. The lowest BCUT2D eigenvalue weighted by atomic mass is 10.2. The molecule has 0 radical (unpaired) electrons. The Kier molecular flexibility index (Phi) is 4.04. The zero-order chi connectivity index (χ0) is 16.4. The Morgan fingerprint density at radius 2 is 1.87 bits per heavy atom. The van der Waals surface area contributed by atoms with Crippen LogP contribution in [0.1, 0.15) is 5.56 Å². The maximum absolute atomic E-state index is 12.5. The molecule has 1 aliphatic rings. The van der Waals surface area contributed by atoms with Crippen LogP contribution >= 0.6 is 11.6 Å². The highest BCUT2D eigenvalue weighted by Crippen LogP contribution is 2.24. The van der Waals surface area contributed by atoms with Gasteiger partial charge in [-0.1, -0.05) is 23.7 Å². The molecule has 0 saturated carbocycles. The molecule has 1 N–H and O–H groups in total. The predicted octanol–water partition coefficient (Wildman–Crippen LogP) is 3.45. The lowest BCUT2D eigenvalue weighted by Crippen LogP contribution is -2.30. The predicted molar refractivity (Wildman–Crippen MR) is 88.4 cm³/mol. The number of methoxy groups -OCH3 is 1. The first kappa shape index (κ1) is 15.1. The van der Waals surface area contributed by atoms with E-state index in [1.54, 1.807) is 49.6 Å². The Hall–Kier alpha value is -2.79. The second kappa shape index (κ2) is 6.14. The third-order valence-electron chi connectivity index (χ3n) is 3.37. The first-order valence-corrected chi connectivity index (χ1v) is 7.23. The molecule has 23 heavy (non-hydrogen) atoms. The summed E-state index contributed by atoms with van der Waals surface area (Å²) in [5.41, 5.74) is 1.43. The molecule has 1 fully saturated rings. The first-order valence-electron chi connectivity index (χ1n) is 6.85. The smallest absolute Gasteiger partial charge is 0.333 e. The number of urea groups is 1. The van der Waals surface area contributed by atoms with Crippen LogP contribution in [0, 0.1) is 0 Å². The lowest BCUT2D eigenvalue weighted by molar-refractivity contribution is -0.113. The van der Waals surface area contributed by atoms with Gasteiger partial charge in [0.1, 0.15) is 11.4 Å². The summed E-state index contributed by atoms with van der Waals surface area (Å²) in [5, 5.41) is 3.11. The Balaban J connectivity index is 1.91. The number of carbonyl (C=O) groups is 2. The Labute approximate surface area is 138 Å². The van der Waals surface area contributed by atoms with Gasteiger partial charge in [-0.25, -0.2) is 9.69 Å². The van der Waals surface area contributed by atoms with Crippen LogP contribution in [0.4, 0.5) is 10.5 Å². The zero-order valence-electron chi connectivity index (χ0n) is 12.2. The van der Waals surface area contributed by atoms with Gasteiger partial charge in [-0.05, 0) is 48.0 Å².